The third kappa shape index (κ3) is 9.63. The maximum Gasteiger partial charge on any atom is 0.269 e. The lowest BCUT2D eigenvalue weighted by molar-refractivity contribution is -0.115. The number of hydrogen-bond acceptors (Lipinski definition) is 10. The highest BCUT2D eigenvalue weighted by Gasteiger charge is 2.14. The van der Waals surface area contributed by atoms with Gasteiger partial charge in [0.05, 0.1) is 0 Å². The van der Waals surface area contributed by atoms with Crippen LogP contribution in [-0.2, 0) is 22.4 Å². The van der Waals surface area contributed by atoms with E-state index in [1.165, 1.54) is 45.9 Å². The highest BCUT2D eigenvalue weighted by atomic mass is 33.1. The van der Waals surface area contributed by atoms with Gasteiger partial charge in [0.15, 0.2) is 0 Å². The second kappa shape index (κ2) is 14.7. The Hall–Kier alpha value is -3.38. The minimum Gasteiger partial charge on any atom is -0.508 e. The topological polar surface area (TPSA) is 164 Å². The summed E-state index contributed by atoms with van der Waals surface area (Å²) in [5, 5.41) is 48.6. The number of carbonyl (C=O) groups excluding carboxylic acids is 2. The lowest BCUT2D eigenvalue weighted by atomic mass is 10.1. The van der Waals surface area contributed by atoms with Crippen molar-refractivity contribution in [3.63, 3.8) is 0 Å². The van der Waals surface area contributed by atoms with E-state index in [1.54, 1.807) is 24.3 Å². The average molecular weight is 507 g/mol. The molecular weight excluding hydrogens is 480 g/mol. The first kappa shape index (κ1) is 26.9. The van der Waals surface area contributed by atoms with E-state index in [1.807, 2.05) is 0 Å². The molecule has 34 heavy (non-hydrogen) atoms. The lowest BCUT2D eigenvalue weighted by Gasteiger charge is -2.08. The molecule has 0 aromatic heterocycles. The predicted octanol–water partition coefficient (Wildman–Crippen LogP) is 2.16. The molecule has 0 heterocycles. The van der Waals surface area contributed by atoms with Crippen LogP contribution in [0.15, 0.2) is 58.8 Å². The van der Waals surface area contributed by atoms with E-state index in [4.69, 9.17) is 10.4 Å². The number of nitrogens with one attached hydrogen (secondary N) is 2. The number of nitrogens with zero attached hydrogens (tertiary/aromatic N) is 2. The van der Waals surface area contributed by atoms with E-state index in [2.05, 4.69) is 20.9 Å². The zero-order valence-corrected chi connectivity index (χ0v) is 19.8. The van der Waals surface area contributed by atoms with Gasteiger partial charge in [0.25, 0.3) is 11.8 Å². The van der Waals surface area contributed by atoms with Crippen molar-refractivity contribution in [1.82, 2.24) is 10.6 Å². The smallest absolute Gasteiger partial charge is 0.269 e. The Bertz CT molecular complexity index is 950. The fourth-order valence-corrected chi connectivity index (χ4v) is 4.59. The van der Waals surface area contributed by atoms with Crippen LogP contribution in [-0.4, -0.2) is 68.5 Å². The highest BCUT2D eigenvalue weighted by molar-refractivity contribution is 8.76. The van der Waals surface area contributed by atoms with E-state index in [0.717, 1.165) is 0 Å². The molecule has 0 saturated heterocycles. The van der Waals surface area contributed by atoms with Crippen molar-refractivity contribution >= 4 is 44.8 Å². The van der Waals surface area contributed by atoms with Crippen LogP contribution in [0.1, 0.15) is 11.1 Å². The van der Waals surface area contributed by atoms with E-state index >= 15 is 0 Å². The van der Waals surface area contributed by atoms with Gasteiger partial charge in [-0.05, 0) is 35.4 Å². The van der Waals surface area contributed by atoms with E-state index in [9.17, 15) is 19.8 Å². The number of phenols is 2. The van der Waals surface area contributed by atoms with Crippen LogP contribution >= 0.6 is 21.6 Å². The Morgan fingerprint density at radius 3 is 1.50 bits per heavy atom. The maximum absolute atomic E-state index is 12.1. The number of amides is 2. The van der Waals surface area contributed by atoms with Gasteiger partial charge < -0.3 is 31.3 Å². The fourth-order valence-electron chi connectivity index (χ4n) is 2.78. The first-order chi connectivity index (χ1) is 16.4. The van der Waals surface area contributed by atoms with Crippen molar-refractivity contribution in [2.24, 2.45) is 10.3 Å². The number of rotatable bonds is 13. The Morgan fingerprint density at radius 1 is 0.735 bits per heavy atom. The standard InChI is InChI=1S/C22H26N4O6S2/c27-17-5-1-3-15(11-17)13-19(25-31)21(29)23-7-9-33-34-10-8-24-22(30)20(26-32)14-16-4-2-6-18(28)12-16/h1-6,11-12,27-28,31-32H,7-10,13-14H2,(H,23,29)(H,24,30)/b25-19+,26-20+. The summed E-state index contributed by atoms with van der Waals surface area (Å²) in [5.41, 5.74) is 1.17. The summed E-state index contributed by atoms with van der Waals surface area (Å²) in [6.45, 7) is 0.709. The van der Waals surface area contributed by atoms with Crippen molar-refractivity contribution in [3.8, 4) is 11.5 Å². The molecule has 2 rings (SSSR count). The van der Waals surface area contributed by atoms with Gasteiger partial charge >= 0.3 is 0 Å². The molecule has 182 valence electrons. The van der Waals surface area contributed by atoms with Crippen molar-refractivity contribution in [2.45, 2.75) is 12.8 Å². The molecule has 0 fully saturated rings. The molecule has 0 bridgehead atoms. The summed E-state index contributed by atoms with van der Waals surface area (Å²) >= 11 is 0. The largest absolute Gasteiger partial charge is 0.508 e. The molecule has 0 aliphatic carbocycles. The van der Waals surface area contributed by atoms with Gasteiger partial charge in [-0.25, -0.2) is 0 Å². The number of hydrogen-bond donors (Lipinski definition) is 6. The van der Waals surface area contributed by atoms with E-state index in [-0.39, 0.29) is 35.8 Å². The van der Waals surface area contributed by atoms with Crippen LogP contribution < -0.4 is 10.6 Å². The number of benzene rings is 2. The molecule has 0 spiro atoms. The second-order valence-electron chi connectivity index (χ2n) is 6.94. The van der Waals surface area contributed by atoms with Crippen LogP contribution in [0.25, 0.3) is 0 Å². The van der Waals surface area contributed by atoms with Crippen LogP contribution in [0.2, 0.25) is 0 Å². The zero-order chi connectivity index (χ0) is 24.8. The monoisotopic (exact) mass is 506 g/mol. The molecule has 2 aromatic carbocycles. The van der Waals surface area contributed by atoms with Gasteiger partial charge in [-0.15, -0.1) is 0 Å². The van der Waals surface area contributed by atoms with Crippen LogP contribution in [0.5, 0.6) is 11.5 Å². The molecule has 0 atom stereocenters. The van der Waals surface area contributed by atoms with Gasteiger partial charge in [-0.3, -0.25) is 9.59 Å². The number of phenolic OH excluding ortho intramolecular Hbond substituents is 2. The first-order valence-electron chi connectivity index (χ1n) is 10.2. The average Bonchev–Trinajstić information content (AvgIpc) is 2.82. The molecule has 0 aliphatic heterocycles. The molecule has 0 unspecified atom stereocenters. The first-order valence-corrected chi connectivity index (χ1v) is 12.7. The Balaban J connectivity index is 1.59. The summed E-state index contributed by atoms with van der Waals surface area (Å²) in [5.74, 6) is 0.330. The molecule has 0 aliphatic rings. The lowest BCUT2D eigenvalue weighted by Crippen LogP contribution is -2.34. The minimum atomic E-state index is -0.494. The molecule has 6 N–H and O–H groups in total. The molecular formula is C22H26N4O6S2. The van der Waals surface area contributed by atoms with Crippen LogP contribution in [0.3, 0.4) is 0 Å². The summed E-state index contributed by atoms with van der Waals surface area (Å²) in [6.07, 6.45) is 0.172. The Kier molecular flexibility index (Phi) is 11.6. The summed E-state index contributed by atoms with van der Waals surface area (Å²) in [6, 6.07) is 12.7. The molecule has 2 aromatic rings. The Labute approximate surface area is 204 Å². The predicted molar refractivity (Wildman–Crippen MR) is 133 cm³/mol. The number of aromatic hydroxyl groups is 2. The molecule has 10 nitrogen and oxygen atoms in total. The highest BCUT2D eigenvalue weighted by Crippen LogP contribution is 2.19. The maximum atomic E-state index is 12.1. The van der Waals surface area contributed by atoms with Crippen molar-refractivity contribution in [3.05, 3.63) is 59.7 Å². The Morgan fingerprint density at radius 2 is 1.15 bits per heavy atom. The molecule has 12 heteroatoms. The second-order valence-corrected chi connectivity index (χ2v) is 9.64. The number of carbonyl (C=O) groups is 2. The van der Waals surface area contributed by atoms with E-state index < -0.39 is 11.8 Å². The summed E-state index contributed by atoms with van der Waals surface area (Å²) in [4.78, 5) is 24.3. The normalized spacial score (nSPS) is 11.8. The van der Waals surface area contributed by atoms with E-state index in [0.29, 0.717) is 35.7 Å². The third-order valence-corrected chi connectivity index (χ3v) is 6.76. The van der Waals surface area contributed by atoms with Crippen molar-refractivity contribution in [1.29, 1.82) is 0 Å². The van der Waals surface area contributed by atoms with Gasteiger partial charge in [-0.2, -0.15) is 0 Å². The summed E-state index contributed by atoms with van der Waals surface area (Å²) in [7, 11) is 3.00. The molecule has 0 radical (unpaired) electrons. The minimum absolute atomic E-state index is 0.0574. The quantitative estimate of drug-likeness (QED) is 0.0791. The summed E-state index contributed by atoms with van der Waals surface area (Å²) < 4.78 is 0. The SMILES string of the molecule is O=C(NCCSSCCNC(=O)/C(Cc1cccc(O)c1)=N/O)/C(Cc1cccc(O)c1)=N/O. The third-order valence-electron chi connectivity index (χ3n) is 4.36. The molecule has 0 saturated carbocycles. The van der Waals surface area contributed by atoms with Gasteiger partial charge in [0.1, 0.15) is 22.9 Å². The van der Waals surface area contributed by atoms with Crippen molar-refractivity contribution < 1.29 is 30.2 Å². The zero-order valence-electron chi connectivity index (χ0n) is 18.2. The van der Waals surface area contributed by atoms with Crippen molar-refractivity contribution in [2.75, 3.05) is 24.6 Å². The fraction of sp³-hybridized carbons (Fsp3) is 0.273. The number of oxime groups is 2. The van der Waals surface area contributed by atoms with Gasteiger partial charge in [0, 0.05) is 37.4 Å². The molecule has 2 amide bonds. The van der Waals surface area contributed by atoms with Gasteiger partial charge in [-0.1, -0.05) is 56.2 Å². The van der Waals surface area contributed by atoms with Gasteiger partial charge in [0.2, 0.25) is 0 Å². The van der Waals surface area contributed by atoms with Crippen LogP contribution in [0, 0.1) is 0 Å². The van der Waals surface area contributed by atoms with Crippen LogP contribution in [0.4, 0.5) is 0 Å².